The van der Waals surface area contributed by atoms with Crippen molar-refractivity contribution in [2.45, 2.75) is 126 Å². The maximum atomic E-state index is 14.4. The third kappa shape index (κ3) is 9.82. The van der Waals surface area contributed by atoms with E-state index in [9.17, 15) is 33.2 Å². The van der Waals surface area contributed by atoms with E-state index in [4.69, 9.17) is 20.9 Å². The third-order valence-electron chi connectivity index (χ3n) is 14.6. The maximum absolute atomic E-state index is 14.4. The van der Waals surface area contributed by atoms with E-state index in [1.807, 2.05) is 48.5 Å². The van der Waals surface area contributed by atoms with Gasteiger partial charge in [-0.25, -0.2) is 14.0 Å². The van der Waals surface area contributed by atoms with Gasteiger partial charge >= 0.3 is 12.2 Å². The van der Waals surface area contributed by atoms with Crippen molar-refractivity contribution in [2.24, 2.45) is 23.3 Å². The second-order valence-corrected chi connectivity index (χ2v) is 18.4. The maximum Gasteiger partial charge on any atom is 0.407 e. The molecule has 16 heteroatoms. The Morgan fingerprint density at radius 1 is 0.606 bits per heavy atom. The number of amides is 6. The molecule has 4 atom stereocenters. The van der Waals surface area contributed by atoms with E-state index < -0.39 is 47.2 Å². The first kappa shape index (κ1) is 47.8. The van der Waals surface area contributed by atoms with Gasteiger partial charge in [-0.3, -0.25) is 19.2 Å². The molecule has 7 rings (SSSR count). The normalized spacial score (nSPS) is 22.2. The summed E-state index contributed by atoms with van der Waals surface area (Å²) in [6.07, 6.45) is 9.31. The lowest BCUT2D eigenvalue weighted by Crippen LogP contribution is -2.60. The van der Waals surface area contributed by atoms with Crippen molar-refractivity contribution in [3.05, 3.63) is 101 Å². The third-order valence-corrected chi connectivity index (χ3v) is 14.6. The van der Waals surface area contributed by atoms with Crippen molar-refractivity contribution in [3.63, 3.8) is 0 Å². The van der Waals surface area contributed by atoms with Gasteiger partial charge in [0.2, 0.25) is 23.6 Å². The fraction of sp³-hybridized carbons (Fsp3) is 0.520. The molecule has 0 bridgehead atoms. The molecule has 2 aliphatic heterocycles. The average molecular weight is 910 g/mol. The van der Waals surface area contributed by atoms with E-state index in [0.717, 1.165) is 81.0 Å². The molecule has 354 valence electrons. The smallest absolute Gasteiger partial charge is 0.407 e. The molecule has 15 nitrogen and oxygen atoms in total. The Morgan fingerprint density at radius 3 is 1.33 bits per heavy atom. The van der Waals surface area contributed by atoms with Crippen molar-refractivity contribution in [1.29, 1.82) is 0 Å². The summed E-state index contributed by atoms with van der Waals surface area (Å²) < 4.78 is 24.0. The summed E-state index contributed by atoms with van der Waals surface area (Å²) in [6, 6.07) is 19.3. The zero-order valence-corrected chi connectivity index (χ0v) is 38.1. The van der Waals surface area contributed by atoms with E-state index in [2.05, 4.69) is 15.5 Å². The molecule has 3 aromatic carbocycles. The molecule has 0 spiro atoms. The Labute approximate surface area is 386 Å². The van der Waals surface area contributed by atoms with Crippen LogP contribution in [0.1, 0.15) is 112 Å². The first-order chi connectivity index (χ1) is 31.8. The molecule has 0 unspecified atom stereocenters. The van der Waals surface area contributed by atoms with Crippen molar-refractivity contribution < 1.29 is 42.6 Å². The Hall–Kier alpha value is -6.19. The van der Waals surface area contributed by atoms with Crippen LogP contribution in [0, 0.1) is 17.7 Å². The fourth-order valence-electron chi connectivity index (χ4n) is 11.1. The highest BCUT2D eigenvalue weighted by Crippen LogP contribution is 2.43. The van der Waals surface area contributed by atoms with Crippen LogP contribution in [0.15, 0.2) is 72.8 Å². The Morgan fingerprint density at radius 2 is 0.985 bits per heavy atom. The number of likely N-dealkylation sites (tertiary alicyclic amines) is 2. The number of ether oxygens (including phenoxy) is 2. The molecule has 4 fully saturated rings. The number of hydrogen-bond donors (Lipinski definition) is 4. The lowest BCUT2D eigenvalue weighted by atomic mass is 9.81. The van der Waals surface area contributed by atoms with Gasteiger partial charge in [-0.2, -0.15) is 0 Å². The highest BCUT2D eigenvalue weighted by Gasteiger charge is 2.53. The Balaban J connectivity index is 1.13. The molecular weight excluding hydrogens is 846 g/mol. The van der Waals surface area contributed by atoms with Gasteiger partial charge in [-0.05, 0) is 110 Å². The molecule has 0 aromatic heterocycles. The van der Waals surface area contributed by atoms with Crippen molar-refractivity contribution in [2.75, 3.05) is 32.2 Å². The number of primary amides is 2. The molecule has 66 heavy (non-hydrogen) atoms. The van der Waals surface area contributed by atoms with E-state index in [0.29, 0.717) is 63.0 Å². The largest absolute Gasteiger partial charge is 0.453 e. The van der Waals surface area contributed by atoms with Crippen LogP contribution in [0.5, 0.6) is 0 Å². The number of anilines is 1. The van der Waals surface area contributed by atoms with Crippen LogP contribution < -0.4 is 27.0 Å². The quantitative estimate of drug-likeness (QED) is 0.136. The number of nitrogens with zero attached hydrogens (tertiary/aromatic N) is 3. The summed E-state index contributed by atoms with van der Waals surface area (Å²) in [6.45, 7) is 1.34. The van der Waals surface area contributed by atoms with E-state index >= 15 is 0 Å². The highest BCUT2D eigenvalue weighted by molar-refractivity contribution is 5.96. The number of hydrogen-bond acceptors (Lipinski definition) is 9. The molecule has 4 aliphatic rings. The van der Waals surface area contributed by atoms with E-state index in [1.165, 1.54) is 26.4 Å². The monoisotopic (exact) mass is 909 g/mol. The average Bonchev–Trinajstić information content (AvgIpc) is 4.01. The second-order valence-electron chi connectivity index (χ2n) is 18.4. The van der Waals surface area contributed by atoms with Gasteiger partial charge in [0, 0.05) is 31.9 Å². The molecule has 2 saturated heterocycles. The molecule has 2 heterocycles. The lowest BCUT2D eigenvalue weighted by molar-refractivity contribution is -0.147. The predicted molar refractivity (Wildman–Crippen MR) is 245 cm³/mol. The summed E-state index contributed by atoms with van der Waals surface area (Å²) in [4.78, 5) is 86.1. The van der Waals surface area contributed by atoms with Gasteiger partial charge in [0.25, 0.3) is 0 Å². The second kappa shape index (κ2) is 21.0. The summed E-state index contributed by atoms with van der Waals surface area (Å²) in [5, 5.41) is 5.56. The van der Waals surface area contributed by atoms with E-state index in [1.54, 1.807) is 21.9 Å². The van der Waals surface area contributed by atoms with Crippen LogP contribution in [0.3, 0.4) is 0 Å². The van der Waals surface area contributed by atoms with Gasteiger partial charge < -0.3 is 46.3 Å². The van der Waals surface area contributed by atoms with Crippen LogP contribution in [0.25, 0.3) is 0 Å². The molecule has 2 aliphatic carbocycles. The minimum atomic E-state index is -1.42. The highest BCUT2D eigenvalue weighted by atomic mass is 19.1. The van der Waals surface area contributed by atoms with Gasteiger partial charge in [0.1, 0.15) is 29.0 Å². The molecule has 0 radical (unpaired) electrons. The number of carbonyl (C=O) groups is 6. The summed E-state index contributed by atoms with van der Waals surface area (Å²) in [7, 11) is 2.51. The van der Waals surface area contributed by atoms with Crippen molar-refractivity contribution >= 4 is 41.5 Å². The van der Waals surface area contributed by atoms with Crippen LogP contribution in [0.4, 0.5) is 19.7 Å². The number of rotatable bonds is 15. The van der Waals surface area contributed by atoms with Crippen LogP contribution in [-0.4, -0.2) is 85.0 Å². The summed E-state index contributed by atoms with van der Waals surface area (Å²) >= 11 is 0. The number of methoxy groups -OCH3 is 2. The van der Waals surface area contributed by atoms with Crippen LogP contribution in [-0.2, 0) is 52.8 Å². The van der Waals surface area contributed by atoms with Gasteiger partial charge in [-0.1, -0.05) is 87.1 Å². The van der Waals surface area contributed by atoms with Gasteiger partial charge in [-0.15, -0.1) is 0 Å². The fourth-order valence-corrected chi connectivity index (χ4v) is 11.1. The zero-order chi connectivity index (χ0) is 47.0. The summed E-state index contributed by atoms with van der Waals surface area (Å²) in [5.41, 5.74) is 13.2. The first-order valence-corrected chi connectivity index (χ1v) is 23.4. The van der Waals surface area contributed by atoms with Crippen LogP contribution >= 0.6 is 0 Å². The lowest BCUT2D eigenvalue weighted by Gasteiger charge is -2.40. The van der Waals surface area contributed by atoms with Crippen LogP contribution in [0.2, 0.25) is 0 Å². The van der Waals surface area contributed by atoms with Crippen molar-refractivity contribution in [3.8, 4) is 0 Å². The number of halogens is 1. The van der Waals surface area contributed by atoms with E-state index in [-0.39, 0.29) is 29.5 Å². The first-order valence-electron chi connectivity index (χ1n) is 23.4. The van der Waals surface area contributed by atoms with Crippen molar-refractivity contribution in [1.82, 2.24) is 20.4 Å². The molecule has 6 N–H and O–H groups in total. The SMILES string of the molecule is COC(=O)N[C@H](C(=O)N1CCC[C@@]1(C(N)=O)c1ccc(CN(Cc2ccc([C@]3(C(N)=O)CCCN3C(=O)[C@@H](NC(=O)OC)C3CCCCC3)cc2)c2ccc(F)cc2)cc1)C1CCCCC1. The number of nitrogens with one attached hydrogen (secondary N) is 2. The topological polar surface area (TPSA) is 207 Å². The predicted octanol–water partition coefficient (Wildman–Crippen LogP) is 6.25. The minimum Gasteiger partial charge on any atom is -0.453 e. The Bertz CT molecular complexity index is 2080. The van der Waals surface area contributed by atoms with Gasteiger partial charge in [0.15, 0.2) is 0 Å². The number of alkyl carbamates (subject to hydrolysis) is 2. The standard InChI is InChI=1S/C50H64FN7O8/c1-65-47(63)54-41(35-11-5-3-6-12-35)43(59)57-29-9-27-49(57,45(52)61)37-19-15-33(16-20-37)31-56(40-25-23-39(51)24-26-40)32-34-17-21-38(22-18-34)50(46(53)62)28-10-30-58(50)44(60)42(55-48(64)66-2)36-13-7-4-8-14-36/h15-26,35-36,41-42H,3-14,27-32H2,1-2H3,(H2,52,61)(H2,53,62)(H,54,63)(H,55,64)/t41-,42-,49-,50-/m0/s1. The Kier molecular flexibility index (Phi) is 15.2. The molecule has 3 aromatic rings. The zero-order valence-electron chi connectivity index (χ0n) is 38.1. The molecule has 6 amide bonds. The summed E-state index contributed by atoms with van der Waals surface area (Å²) in [5.74, 6) is -2.58. The number of benzene rings is 3. The molecule has 2 saturated carbocycles. The number of nitrogens with two attached hydrogens (primary N) is 2. The van der Waals surface area contributed by atoms with Gasteiger partial charge in [0.05, 0.1) is 14.2 Å². The molecular formula is C50H64FN7O8. The minimum absolute atomic E-state index is 0.0982. The number of carbonyl (C=O) groups excluding carboxylic acids is 6.